The molecule has 2 rings (SSSR count). The quantitative estimate of drug-likeness (QED) is 0.364. The van der Waals surface area contributed by atoms with Crippen LogP contribution in [0.25, 0.3) is 0 Å². The van der Waals surface area contributed by atoms with Crippen LogP contribution in [-0.2, 0) is 0 Å². The molecule has 2 aromatic carbocycles. The van der Waals surface area contributed by atoms with Crippen molar-refractivity contribution in [2.45, 2.75) is 12.8 Å². The molecular formula is C19H26IN3O3. The first-order valence-corrected chi connectivity index (χ1v) is 8.01. The van der Waals surface area contributed by atoms with Crippen LogP contribution in [0, 0.1) is 0 Å². The Morgan fingerprint density at radius 1 is 1.04 bits per heavy atom. The summed E-state index contributed by atoms with van der Waals surface area (Å²) in [6.45, 7) is 2.62. The van der Waals surface area contributed by atoms with Crippen LogP contribution < -0.4 is 25.3 Å². The first-order chi connectivity index (χ1) is 12.1. The van der Waals surface area contributed by atoms with E-state index in [0.29, 0.717) is 29.7 Å². The van der Waals surface area contributed by atoms with Crippen molar-refractivity contribution < 1.29 is 14.2 Å². The number of guanidine groups is 1. The SMILES string of the molecule is COc1ccc(OC)c(NC(N)=NCC(C)c2ccccc2OC)c1.I. The molecule has 0 spiro atoms. The minimum absolute atomic E-state index is 0. The van der Waals surface area contributed by atoms with Gasteiger partial charge in [-0.05, 0) is 23.8 Å². The zero-order chi connectivity index (χ0) is 18.2. The number of hydrogen-bond donors (Lipinski definition) is 2. The third-order valence-electron chi connectivity index (χ3n) is 3.87. The molecule has 0 amide bonds. The Labute approximate surface area is 171 Å². The lowest BCUT2D eigenvalue weighted by Crippen LogP contribution is -2.23. The zero-order valence-electron chi connectivity index (χ0n) is 15.5. The van der Waals surface area contributed by atoms with Gasteiger partial charge in [-0.25, -0.2) is 0 Å². The highest BCUT2D eigenvalue weighted by molar-refractivity contribution is 14.0. The minimum atomic E-state index is 0. The van der Waals surface area contributed by atoms with Gasteiger partial charge in [-0.2, -0.15) is 0 Å². The van der Waals surface area contributed by atoms with Gasteiger partial charge in [0.2, 0.25) is 0 Å². The fourth-order valence-corrected chi connectivity index (χ4v) is 2.50. The van der Waals surface area contributed by atoms with E-state index in [0.717, 1.165) is 11.3 Å². The summed E-state index contributed by atoms with van der Waals surface area (Å²) in [7, 11) is 4.88. The number of hydrogen-bond acceptors (Lipinski definition) is 4. The molecule has 0 heterocycles. The molecule has 142 valence electrons. The highest BCUT2D eigenvalue weighted by atomic mass is 127. The number of benzene rings is 2. The first-order valence-electron chi connectivity index (χ1n) is 8.01. The van der Waals surface area contributed by atoms with E-state index in [9.17, 15) is 0 Å². The van der Waals surface area contributed by atoms with Crippen molar-refractivity contribution in [1.29, 1.82) is 0 Å². The van der Waals surface area contributed by atoms with Gasteiger partial charge in [-0.15, -0.1) is 24.0 Å². The predicted molar refractivity (Wildman–Crippen MR) is 116 cm³/mol. The molecule has 0 saturated carbocycles. The maximum atomic E-state index is 6.03. The smallest absolute Gasteiger partial charge is 0.193 e. The van der Waals surface area contributed by atoms with E-state index < -0.39 is 0 Å². The maximum absolute atomic E-state index is 6.03. The molecule has 0 bridgehead atoms. The summed E-state index contributed by atoms with van der Waals surface area (Å²) >= 11 is 0. The molecule has 0 aliphatic heterocycles. The molecule has 7 heteroatoms. The van der Waals surface area contributed by atoms with Crippen LogP contribution in [-0.4, -0.2) is 33.8 Å². The van der Waals surface area contributed by atoms with E-state index in [1.807, 2.05) is 42.5 Å². The van der Waals surface area contributed by atoms with Crippen LogP contribution in [0.1, 0.15) is 18.4 Å². The van der Waals surface area contributed by atoms with E-state index in [1.54, 1.807) is 21.3 Å². The molecule has 0 saturated heterocycles. The molecule has 1 atom stereocenters. The lowest BCUT2D eigenvalue weighted by Gasteiger charge is -2.15. The Bertz CT molecular complexity index is 738. The van der Waals surface area contributed by atoms with Crippen LogP contribution in [0.5, 0.6) is 17.2 Å². The monoisotopic (exact) mass is 471 g/mol. The number of para-hydroxylation sites is 1. The number of ether oxygens (including phenoxy) is 3. The summed E-state index contributed by atoms with van der Waals surface area (Å²) in [6.07, 6.45) is 0. The molecule has 0 fully saturated rings. The van der Waals surface area contributed by atoms with E-state index in [-0.39, 0.29) is 29.9 Å². The molecule has 0 aliphatic carbocycles. The Balaban J connectivity index is 0.00000338. The summed E-state index contributed by atoms with van der Waals surface area (Å²) < 4.78 is 16.0. The van der Waals surface area contributed by atoms with E-state index in [1.165, 1.54) is 0 Å². The van der Waals surface area contributed by atoms with Crippen molar-refractivity contribution in [3.05, 3.63) is 48.0 Å². The fraction of sp³-hybridized carbons (Fsp3) is 0.316. The molecule has 2 aromatic rings. The van der Waals surface area contributed by atoms with Gasteiger partial charge in [-0.1, -0.05) is 25.1 Å². The van der Waals surface area contributed by atoms with Gasteiger partial charge in [0.05, 0.1) is 27.0 Å². The lowest BCUT2D eigenvalue weighted by molar-refractivity contribution is 0.405. The third kappa shape index (κ3) is 5.69. The van der Waals surface area contributed by atoms with Gasteiger partial charge in [0, 0.05) is 18.5 Å². The lowest BCUT2D eigenvalue weighted by atomic mass is 10.0. The van der Waals surface area contributed by atoms with Crippen LogP contribution in [0.4, 0.5) is 5.69 Å². The number of nitrogens with zero attached hydrogens (tertiary/aromatic N) is 1. The van der Waals surface area contributed by atoms with Gasteiger partial charge in [0.25, 0.3) is 0 Å². The molecular weight excluding hydrogens is 445 g/mol. The Kier molecular flexibility index (Phi) is 9.04. The number of nitrogens with two attached hydrogens (primary N) is 1. The summed E-state index contributed by atoms with van der Waals surface area (Å²) in [4.78, 5) is 4.43. The second kappa shape index (κ2) is 10.7. The van der Waals surface area contributed by atoms with E-state index in [2.05, 4.69) is 17.2 Å². The average molecular weight is 471 g/mol. The van der Waals surface area contributed by atoms with Crippen LogP contribution in [0.2, 0.25) is 0 Å². The van der Waals surface area contributed by atoms with Crippen LogP contribution in [0.15, 0.2) is 47.5 Å². The molecule has 6 nitrogen and oxygen atoms in total. The van der Waals surface area contributed by atoms with Gasteiger partial charge in [-0.3, -0.25) is 4.99 Å². The third-order valence-corrected chi connectivity index (χ3v) is 3.87. The predicted octanol–water partition coefficient (Wildman–Crippen LogP) is 3.86. The van der Waals surface area contributed by atoms with E-state index >= 15 is 0 Å². The first kappa shape index (κ1) is 21.9. The molecule has 3 N–H and O–H groups in total. The molecule has 1 unspecified atom stereocenters. The van der Waals surface area contributed by atoms with E-state index in [4.69, 9.17) is 19.9 Å². The zero-order valence-corrected chi connectivity index (χ0v) is 17.8. The van der Waals surface area contributed by atoms with Gasteiger partial charge < -0.3 is 25.3 Å². The number of anilines is 1. The Hall–Kier alpha value is -2.16. The van der Waals surface area contributed by atoms with Crippen LogP contribution >= 0.6 is 24.0 Å². The van der Waals surface area contributed by atoms with Crippen molar-refractivity contribution in [2.24, 2.45) is 10.7 Å². The second-order valence-corrected chi connectivity index (χ2v) is 5.56. The fourth-order valence-electron chi connectivity index (χ4n) is 2.50. The maximum Gasteiger partial charge on any atom is 0.193 e. The topological polar surface area (TPSA) is 78.1 Å². The van der Waals surface area contributed by atoms with Crippen molar-refractivity contribution in [1.82, 2.24) is 0 Å². The number of methoxy groups -OCH3 is 3. The number of rotatable bonds is 7. The van der Waals surface area contributed by atoms with Crippen molar-refractivity contribution in [2.75, 3.05) is 33.2 Å². The van der Waals surface area contributed by atoms with Gasteiger partial charge >= 0.3 is 0 Å². The highest BCUT2D eigenvalue weighted by Gasteiger charge is 2.11. The van der Waals surface area contributed by atoms with Crippen molar-refractivity contribution in [3.63, 3.8) is 0 Å². The number of aliphatic imine (C=N–C) groups is 1. The number of nitrogens with one attached hydrogen (secondary N) is 1. The molecule has 0 radical (unpaired) electrons. The summed E-state index contributed by atoms with van der Waals surface area (Å²) in [5, 5.41) is 3.06. The second-order valence-electron chi connectivity index (χ2n) is 5.56. The van der Waals surface area contributed by atoms with Crippen molar-refractivity contribution in [3.8, 4) is 17.2 Å². The largest absolute Gasteiger partial charge is 0.497 e. The Morgan fingerprint density at radius 3 is 2.38 bits per heavy atom. The minimum Gasteiger partial charge on any atom is -0.497 e. The Morgan fingerprint density at radius 2 is 1.73 bits per heavy atom. The van der Waals surface area contributed by atoms with Gasteiger partial charge in [0.1, 0.15) is 17.2 Å². The highest BCUT2D eigenvalue weighted by Crippen LogP contribution is 2.29. The van der Waals surface area contributed by atoms with Crippen molar-refractivity contribution >= 4 is 35.6 Å². The number of halogens is 1. The summed E-state index contributed by atoms with van der Waals surface area (Å²) in [5.41, 5.74) is 7.83. The average Bonchev–Trinajstić information content (AvgIpc) is 2.65. The normalized spacial score (nSPS) is 11.9. The molecule has 26 heavy (non-hydrogen) atoms. The summed E-state index contributed by atoms with van der Waals surface area (Å²) in [5.74, 6) is 2.71. The van der Waals surface area contributed by atoms with Gasteiger partial charge in [0.15, 0.2) is 5.96 Å². The van der Waals surface area contributed by atoms with Crippen LogP contribution in [0.3, 0.4) is 0 Å². The summed E-state index contributed by atoms with van der Waals surface area (Å²) in [6, 6.07) is 13.4. The molecule has 0 aromatic heterocycles. The standard InChI is InChI=1S/C19H25N3O3.HI/c1-13(15-7-5-6-8-17(15)24-3)12-21-19(20)22-16-11-14(23-2)9-10-18(16)25-4;/h5-11,13H,12H2,1-4H3,(H3,20,21,22);1H. The molecule has 0 aliphatic rings.